The van der Waals surface area contributed by atoms with Crippen molar-refractivity contribution in [2.24, 2.45) is 11.7 Å². The Morgan fingerprint density at radius 2 is 1.88 bits per heavy atom. The molecule has 1 saturated heterocycles. The first kappa shape index (κ1) is 16.8. The molecule has 17 heavy (non-hydrogen) atoms. The summed E-state index contributed by atoms with van der Waals surface area (Å²) < 4.78 is 24.9. The lowest BCUT2D eigenvalue weighted by Gasteiger charge is -2.28. The van der Waals surface area contributed by atoms with Gasteiger partial charge in [-0.3, -0.25) is 0 Å². The van der Waals surface area contributed by atoms with E-state index in [-0.39, 0.29) is 11.7 Å². The standard InChI is InChI=1S/C9H16ClNO3S.CH5N/c10-4-1-7-15(13,14)11-5-2-9(8-12)3-6-11;1-2/h8-9H,1-7H2;2H2,1H3. The van der Waals surface area contributed by atoms with E-state index in [0.717, 1.165) is 6.29 Å². The molecule has 0 spiro atoms. The third-order valence-electron chi connectivity index (χ3n) is 2.62. The second kappa shape index (κ2) is 8.85. The monoisotopic (exact) mass is 284 g/mol. The average Bonchev–Trinajstić information content (AvgIpc) is 2.39. The highest BCUT2D eigenvalue weighted by Crippen LogP contribution is 2.18. The molecule has 0 atom stereocenters. The van der Waals surface area contributed by atoms with Crippen molar-refractivity contribution >= 4 is 27.9 Å². The second-order valence-corrected chi connectivity index (χ2v) is 6.20. The van der Waals surface area contributed by atoms with Crippen LogP contribution in [-0.4, -0.2) is 50.8 Å². The van der Waals surface area contributed by atoms with E-state index in [1.54, 1.807) is 0 Å². The van der Waals surface area contributed by atoms with Gasteiger partial charge in [-0.2, -0.15) is 0 Å². The maximum atomic E-state index is 11.7. The molecule has 0 aliphatic carbocycles. The maximum Gasteiger partial charge on any atom is 0.214 e. The fourth-order valence-corrected chi connectivity index (χ4v) is 3.48. The molecule has 1 aliphatic heterocycles. The number of halogens is 1. The Kier molecular flexibility index (Phi) is 8.77. The molecule has 0 bridgehead atoms. The van der Waals surface area contributed by atoms with Crippen molar-refractivity contribution in [3.8, 4) is 0 Å². The lowest BCUT2D eigenvalue weighted by Crippen LogP contribution is -2.40. The summed E-state index contributed by atoms with van der Waals surface area (Å²) in [6.45, 7) is 0.933. The van der Waals surface area contributed by atoms with Crippen molar-refractivity contribution in [3.63, 3.8) is 0 Å². The summed E-state index contributed by atoms with van der Waals surface area (Å²) in [7, 11) is -1.64. The number of sulfonamides is 1. The van der Waals surface area contributed by atoms with Crippen LogP contribution in [0.25, 0.3) is 0 Å². The van der Waals surface area contributed by atoms with Gasteiger partial charge in [-0.15, -0.1) is 11.6 Å². The Morgan fingerprint density at radius 1 is 1.35 bits per heavy atom. The van der Waals surface area contributed by atoms with E-state index < -0.39 is 10.0 Å². The molecule has 1 rings (SSSR count). The number of hydrogen-bond acceptors (Lipinski definition) is 4. The summed E-state index contributed by atoms with van der Waals surface area (Å²) in [5.74, 6) is 0.510. The topological polar surface area (TPSA) is 80.5 Å². The summed E-state index contributed by atoms with van der Waals surface area (Å²) in [5.41, 5.74) is 4.50. The number of carbonyl (C=O) groups excluding carboxylic acids is 1. The van der Waals surface area contributed by atoms with Crippen LogP contribution in [0.2, 0.25) is 0 Å². The molecule has 1 heterocycles. The molecule has 0 aromatic rings. The molecule has 0 amide bonds. The smallest absolute Gasteiger partial charge is 0.214 e. The first-order chi connectivity index (χ1) is 8.10. The molecule has 0 aromatic carbocycles. The predicted molar refractivity (Wildman–Crippen MR) is 69.6 cm³/mol. The summed E-state index contributed by atoms with van der Waals surface area (Å²) in [6.07, 6.45) is 2.69. The van der Waals surface area contributed by atoms with Crippen molar-refractivity contribution in [2.75, 3.05) is 31.8 Å². The number of alkyl halides is 1. The van der Waals surface area contributed by atoms with Gasteiger partial charge in [-0.25, -0.2) is 12.7 Å². The fourth-order valence-electron chi connectivity index (χ4n) is 1.66. The second-order valence-electron chi connectivity index (χ2n) is 3.73. The number of nitrogens with zero attached hydrogens (tertiary/aromatic N) is 1. The van der Waals surface area contributed by atoms with Crippen LogP contribution in [0.4, 0.5) is 0 Å². The number of piperidine rings is 1. The molecule has 0 unspecified atom stereocenters. The maximum absolute atomic E-state index is 11.7. The predicted octanol–water partition coefficient (Wildman–Crippen LogP) is 0.431. The molecule has 1 aliphatic rings. The van der Waals surface area contributed by atoms with Crippen molar-refractivity contribution in [2.45, 2.75) is 19.3 Å². The first-order valence-electron chi connectivity index (χ1n) is 5.67. The quantitative estimate of drug-likeness (QED) is 0.586. The molecule has 102 valence electrons. The lowest BCUT2D eigenvalue weighted by molar-refractivity contribution is -0.112. The molecule has 0 saturated carbocycles. The van der Waals surface area contributed by atoms with Crippen LogP contribution >= 0.6 is 11.6 Å². The zero-order valence-corrected chi connectivity index (χ0v) is 11.7. The van der Waals surface area contributed by atoms with Gasteiger partial charge in [-0.05, 0) is 26.3 Å². The lowest BCUT2D eigenvalue weighted by atomic mass is 10.0. The largest absolute Gasteiger partial charge is 0.333 e. The van der Waals surface area contributed by atoms with Gasteiger partial charge in [0.05, 0.1) is 5.75 Å². The van der Waals surface area contributed by atoms with Crippen LogP contribution in [-0.2, 0) is 14.8 Å². The third kappa shape index (κ3) is 5.81. The van der Waals surface area contributed by atoms with Gasteiger partial charge in [0.1, 0.15) is 6.29 Å². The van der Waals surface area contributed by atoms with Crippen LogP contribution in [0.1, 0.15) is 19.3 Å². The van der Waals surface area contributed by atoms with Gasteiger partial charge in [-0.1, -0.05) is 0 Å². The molecular weight excluding hydrogens is 264 g/mol. The van der Waals surface area contributed by atoms with Crippen LogP contribution in [0.15, 0.2) is 0 Å². The van der Waals surface area contributed by atoms with Gasteiger partial charge in [0, 0.05) is 24.9 Å². The first-order valence-corrected chi connectivity index (χ1v) is 7.81. The van der Waals surface area contributed by atoms with E-state index in [2.05, 4.69) is 5.73 Å². The van der Waals surface area contributed by atoms with Gasteiger partial charge in [0.2, 0.25) is 10.0 Å². The molecule has 0 radical (unpaired) electrons. The average molecular weight is 285 g/mol. The Balaban J connectivity index is 0.00000121. The summed E-state index contributed by atoms with van der Waals surface area (Å²) >= 11 is 5.46. The number of hydrogen-bond donors (Lipinski definition) is 1. The normalized spacial score (nSPS) is 18.3. The molecule has 2 N–H and O–H groups in total. The van der Waals surface area contributed by atoms with Crippen LogP contribution in [0.3, 0.4) is 0 Å². The van der Waals surface area contributed by atoms with Crippen molar-refractivity contribution < 1.29 is 13.2 Å². The molecule has 7 heteroatoms. The summed E-state index contributed by atoms with van der Waals surface area (Å²) in [6, 6.07) is 0. The van der Waals surface area contributed by atoms with Gasteiger partial charge in [0.25, 0.3) is 0 Å². The van der Waals surface area contributed by atoms with E-state index in [0.29, 0.717) is 38.2 Å². The highest BCUT2D eigenvalue weighted by molar-refractivity contribution is 7.89. The SMILES string of the molecule is CN.O=CC1CCN(S(=O)(=O)CCCCl)CC1. The van der Waals surface area contributed by atoms with Gasteiger partial charge < -0.3 is 10.5 Å². The molecular formula is C10H21ClN2O3S. The zero-order chi connectivity index (χ0) is 13.3. The van der Waals surface area contributed by atoms with Crippen LogP contribution in [0.5, 0.6) is 0 Å². The Morgan fingerprint density at radius 3 is 2.29 bits per heavy atom. The molecule has 0 aromatic heterocycles. The highest BCUT2D eigenvalue weighted by Gasteiger charge is 2.26. The Bertz CT molecular complexity index is 301. The number of rotatable bonds is 5. The Labute approximate surface area is 108 Å². The number of nitrogens with two attached hydrogens (primary N) is 1. The minimum absolute atomic E-state index is 0.0319. The Hall–Kier alpha value is -0.170. The summed E-state index contributed by atoms with van der Waals surface area (Å²) in [4.78, 5) is 10.5. The van der Waals surface area contributed by atoms with E-state index in [9.17, 15) is 13.2 Å². The van der Waals surface area contributed by atoms with Crippen molar-refractivity contribution in [3.05, 3.63) is 0 Å². The van der Waals surface area contributed by atoms with Gasteiger partial charge in [0.15, 0.2) is 0 Å². The van der Waals surface area contributed by atoms with Crippen LogP contribution < -0.4 is 5.73 Å². The number of aldehydes is 1. The number of carbonyl (C=O) groups is 1. The van der Waals surface area contributed by atoms with E-state index in [1.807, 2.05) is 0 Å². The molecule has 5 nitrogen and oxygen atoms in total. The molecule has 1 fully saturated rings. The fraction of sp³-hybridized carbons (Fsp3) is 0.900. The van der Waals surface area contributed by atoms with E-state index >= 15 is 0 Å². The van der Waals surface area contributed by atoms with Crippen molar-refractivity contribution in [1.29, 1.82) is 0 Å². The third-order valence-corrected chi connectivity index (χ3v) is 4.84. The summed E-state index contributed by atoms with van der Waals surface area (Å²) in [5, 5.41) is 0. The van der Waals surface area contributed by atoms with Gasteiger partial charge >= 0.3 is 0 Å². The van der Waals surface area contributed by atoms with Crippen LogP contribution in [0, 0.1) is 5.92 Å². The highest BCUT2D eigenvalue weighted by atomic mass is 35.5. The minimum atomic E-state index is -3.14. The van der Waals surface area contributed by atoms with E-state index in [1.165, 1.54) is 11.4 Å². The van der Waals surface area contributed by atoms with Crippen molar-refractivity contribution in [1.82, 2.24) is 4.31 Å². The zero-order valence-electron chi connectivity index (χ0n) is 10.1. The minimum Gasteiger partial charge on any atom is -0.333 e. The van der Waals surface area contributed by atoms with E-state index in [4.69, 9.17) is 11.6 Å².